The molecule has 2 rings (SSSR count). The highest BCUT2D eigenvalue weighted by atomic mass is 35.5. The number of nitrogens with zero attached hydrogens (tertiary/aromatic N) is 3. The Hall–Kier alpha value is -1.80. The molecule has 0 spiro atoms. The van der Waals surface area contributed by atoms with Crippen LogP contribution in [0, 0.1) is 0 Å². The van der Waals surface area contributed by atoms with E-state index in [9.17, 15) is 18.3 Å². The molecule has 0 saturated heterocycles. The fourth-order valence-corrected chi connectivity index (χ4v) is 2.13. The Morgan fingerprint density at radius 1 is 1.43 bits per heavy atom. The number of aromatic nitrogens is 3. The number of hydrogen-bond acceptors (Lipinski definition) is 4. The molecule has 0 fully saturated rings. The molecule has 2 aromatic heterocycles. The summed E-state index contributed by atoms with van der Waals surface area (Å²) in [7, 11) is 0. The summed E-state index contributed by atoms with van der Waals surface area (Å²) in [5.41, 5.74) is 1.50. The highest BCUT2D eigenvalue weighted by Crippen LogP contribution is 2.28. The van der Waals surface area contributed by atoms with Crippen molar-refractivity contribution in [3.05, 3.63) is 29.7 Å². The molecule has 0 aliphatic rings. The molecule has 0 unspecified atom stereocenters. The Kier molecular flexibility index (Phi) is 5.48. The van der Waals surface area contributed by atoms with E-state index >= 15 is 0 Å². The normalized spacial score (nSPS) is 13.1. The summed E-state index contributed by atoms with van der Waals surface area (Å²) in [6.07, 6.45) is -1.57. The third kappa shape index (κ3) is 5.40. The molecule has 0 radical (unpaired) electrons. The number of anilines is 1. The zero-order valence-electron chi connectivity index (χ0n) is 12.3. The SMILES string of the molecule is C[C@H](O)CCNc1cc(Cl)ncc1-c1ccn(CC(F)(F)F)n1. The van der Waals surface area contributed by atoms with Crippen LogP contribution in [0.5, 0.6) is 0 Å². The summed E-state index contributed by atoms with van der Waals surface area (Å²) in [5.74, 6) is 0. The summed E-state index contributed by atoms with van der Waals surface area (Å²) in [6.45, 7) is 0.994. The molecule has 9 heteroatoms. The highest BCUT2D eigenvalue weighted by Gasteiger charge is 2.28. The van der Waals surface area contributed by atoms with E-state index in [1.54, 1.807) is 13.0 Å². The maximum atomic E-state index is 12.4. The Morgan fingerprint density at radius 3 is 2.83 bits per heavy atom. The lowest BCUT2D eigenvalue weighted by atomic mass is 10.1. The van der Waals surface area contributed by atoms with Crippen molar-refractivity contribution in [2.75, 3.05) is 11.9 Å². The van der Waals surface area contributed by atoms with Gasteiger partial charge in [0.15, 0.2) is 0 Å². The van der Waals surface area contributed by atoms with Crippen molar-refractivity contribution in [3.63, 3.8) is 0 Å². The van der Waals surface area contributed by atoms with Crippen molar-refractivity contribution in [1.82, 2.24) is 14.8 Å². The highest BCUT2D eigenvalue weighted by molar-refractivity contribution is 6.29. The molecule has 2 N–H and O–H groups in total. The van der Waals surface area contributed by atoms with Gasteiger partial charge in [-0.3, -0.25) is 4.68 Å². The number of aliphatic hydroxyl groups is 1. The predicted octanol–water partition coefficient (Wildman–Crippen LogP) is 3.34. The summed E-state index contributed by atoms with van der Waals surface area (Å²) in [4.78, 5) is 3.95. The summed E-state index contributed by atoms with van der Waals surface area (Å²) in [6, 6.07) is 3.05. The van der Waals surface area contributed by atoms with E-state index in [1.165, 1.54) is 18.5 Å². The molecule has 2 heterocycles. The molecule has 0 bridgehead atoms. The second kappa shape index (κ2) is 7.18. The fourth-order valence-electron chi connectivity index (χ4n) is 1.97. The standard InChI is InChI=1S/C14H16ClF3N4O/c1-9(23)2-4-19-12-6-13(15)20-7-10(12)11-3-5-22(21-11)8-14(16,17)18/h3,5-7,9,23H,2,4,8H2,1H3,(H,19,20)/t9-/m0/s1. The third-order valence-electron chi connectivity index (χ3n) is 3.01. The number of hydrogen-bond donors (Lipinski definition) is 2. The molecule has 0 aliphatic heterocycles. The van der Waals surface area contributed by atoms with E-state index in [0.717, 1.165) is 4.68 Å². The average molecular weight is 349 g/mol. The molecule has 23 heavy (non-hydrogen) atoms. The number of rotatable bonds is 6. The maximum absolute atomic E-state index is 12.4. The van der Waals surface area contributed by atoms with Crippen molar-refractivity contribution < 1.29 is 18.3 Å². The summed E-state index contributed by atoms with van der Waals surface area (Å²) < 4.78 is 38.0. The van der Waals surface area contributed by atoms with Crippen LogP contribution in [0.3, 0.4) is 0 Å². The van der Waals surface area contributed by atoms with E-state index in [0.29, 0.717) is 29.9 Å². The van der Waals surface area contributed by atoms with E-state index in [4.69, 9.17) is 11.6 Å². The van der Waals surface area contributed by atoms with Crippen molar-refractivity contribution in [3.8, 4) is 11.3 Å². The lowest BCUT2D eigenvalue weighted by molar-refractivity contribution is -0.142. The van der Waals surface area contributed by atoms with Crippen LogP contribution in [-0.4, -0.2) is 38.7 Å². The zero-order chi connectivity index (χ0) is 17.0. The molecule has 0 saturated carbocycles. The monoisotopic (exact) mass is 348 g/mol. The van der Waals surface area contributed by atoms with Gasteiger partial charge in [0.1, 0.15) is 11.7 Å². The summed E-state index contributed by atoms with van der Waals surface area (Å²) in [5, 5.41) is 16.5. The van der Waals surface area contributed by atoms with Crippen molar-refractivity contribution in [2.24, 2.45) is 0 Å². The lowest BCUT2D eigenvalue weighted by Crippen LogP contribution is -2.18. The van der Waals surface area contributed by atoms with Crippen LogP contribution >= 0.6 is 11.6 Å². The van der Waals surface area contributed by atoms with Gasteiger partial charge in [-0.1, -0.05) is 11.6 Å². The van der Waals surface area contributed by atoms with Crippen molar-refractivity contribution in [2.45, 2.75) is 32.2 Å². The molecule has 126 valence electrons. The second-order valence-electron chi connectivity index (χ2n) is 5.13. The Morgan fingerprint density at radius 2 is 2.17 bits per heavy atom. The number of alkyl halides is 3. The average Bonchev–Trinajstić information content (AvgIpc) is 2.84. The van der Waals surface area contributed by atoms with Crippen LogP contribution in [0.15, 0.2) is 24.5 Å². The van der Waals surface area contributed by atoms with Crippen LogP contribution in [-0.2, 0) is 6.54 Å². The second-order valence-corrected chi connectivity index (χ2v) is 5.52. The first-order valence-electron chi connectivity index (χ1n) is 6.92. The van der Waals surface area contributed by atoms with Crippen LogP contribution in [0.25, 0.3) is 11.3 Å². The molecular weight excluding hydrogens is 333 g/mol. The minimum atomic E-state index is -4.33. The van der Waals surface area contributed by atoms with Crippen LogP contribution < -0.4 is 5.32 Å². The zero-order valence-corrected chi connectivity index (χ0v) is 13.1. The lowest BCUT2D eigenvalue weighted by Gasteiger charge is -2.12. The molecule has 2 aromatic rings. The van der Waals surface area contributed by atoms with Gasteiger partial charge in [0.05, 0.1) is 11.8 Å². The quantitative estimate of drug-likeness (QED) is 0.786. The number of aliphatic hydroxyl groups excluding tert-OH is 1. The van der Waals surface area contributed by atoms with Crippen LogP contribution in [0.2, 0.25) is 5.15 Å². The molecule has 0 amide bonds. The molecule has 0 aliphatic carbocycles. The molecule has 5 nitrogen and oxygen atoms in total. The first-order valence-corrected chi connectivity index (χ1v) is 7.30. The van der Waals surface area contributed by atoms with Gasteiger partial charge in [-0.15, -0.1) is 0 Å². The first kappa shape index (κ1) is 17.6. The van der Waals surface area contributed by atoms with Gasteiger partial charge in [-0.2, -0.15) is 18.3 Å². The topological polar surface area (TPSA) is 63.0 Å². The van der Waals surface area contributed by atoms with Gasteiger partial charge in [-0.25, -0.2) is 4.98 Å². The minimum absolute atomic E-state index is 0.253. The van der Waals surface area contributed by atoms with Crippen LogP contribution in [0.1, 0.15) is 13.3 Å². The van der Waals surface area contributed by atoms with Gasteiger partial charge in [-0.05, 0) is 25.5 Å². The number of halogens is 4. The number of pyridine rings is 1. The van der Waals surface area contributed by atoms with Gasteiger partial charge in [0.2, 0.25) is 0 Å². The largest absolute Gasteiger partial charge is 0.408 e. The minimum Gasteiger partial charge on any atom is -0.393 e. The third-order valence-corrected chi connectivity index (χ3v) is 3.21. The van der Waals surface area contributed by atoms with E-state index in [2.05, 4.69) is 15.4 Å². The van der Waals surface area contributed by atoms with Gasteiger partial charge >= 0.3 is 6.18 Å². The van der Waals surface area contributed by atoms with E-state index in [1.807, 2.05) is 0 Å². The number of nitrogens with one attached hydrogen (secondary N) is 1. The Labute approximate surface area is 136 Å². The van der Waals surface area contributed by atoms with Gasteiger partial charge < -0.3 is 10.4 Å². The van der Waals surface area contributed by atoms with Gasteiger partial charge in [0, 0.05) is 30.2 Å². The van der Waals surface area contributed by atoms with Crippen LogP contribution in [0.4, 0.5) is 18.9 Å². The molecular formula is C14H16ClF3N4O. The Balaban J connectivity index is 2.21. The van der Waals surface area contributed by atoms with E-state index in [-0.39, 0.29) is 5.15 Å². The fraction of sp³-hybridized carbons (Fsp3) is 0.429. The van der Waals surface area contributed by atoms with Crippen molar-refractivity contribution >= 4 is 17.3 Å². The Bertz CT molecular complexity index is 658. The maximum Gasteiger partial charge on any atom is 0.408 e. The molecule has 0 aromatic carbocycles. The smallest absolute Gasteiger partial charge is 0.393 e. The van der Waals surface area contributed by atoms with Gasteiger partial charge in [0.25, 0.3) is 0 Å². The summed E-state index contributed by atoms with van der Waals surface area (Å²) >= 11 is 5.86. The molecule has 1 atom stereocenters. The first-order chi connectivity index (χ1) is 10.7. The van der Waals surface area contributed by atoms with E-state index < -0.39 is 18.8 Å². The predicted molar refractivity (Wildman–Crippen MR) is 81.3 cm³/mol. The van der Waals surface area contributed by atoms with Crippen molar-refractivity contribution in [1.29, 1.82) is 0 Å².